The van der Waals surface area contributed by atoms with E-state index in [0.29, 0.717) is 25.6 Å². The van der Waals surface area contributed by atoms with Gasteiger partial charge in [-0.3, -0.25) is 4.99 Å². The van der Waals surface area contributed by atoms with Crippen LogP contribution in [0.1, 0.15) is 22.4 Å². The number of aromatic nitrogens is 2. The summed E-state index contributed by atoms with van der Waals surface area (Å²) < 4.78 is 37.9. The zero-order chi connectivity index (χ0) is 19.9. The molecule has 0 saturated heterocycles. The van der Waals surface area contributed by atoms with Gasteiger partial charge in [0.1, 0.15) is 5.69 Å². The second-order valence-electron chi connectivity index (χ2n) is 5.97. The van der Waals surface area contributed by atoms with E-state index in [9.17, 15) is 13.2 Å². The van der Waals surface area contributed by atoms with Gasteiger partial charge in [-0.15, -0.1) is 24.0 Å². The van der Waals surface area contributed by atoms with Crippen LogP contribution >= 0.6 is 24.0 Å². The number of halogens is 4. The number of guanidine groups is 1. The van der Waals surface area contributed by atoms with E-state index < -0.39 is 11.9 Å². The van der Waals surface area contributed by atoms with Gasteiger partial charge in [0.25, 0.3) is 0 Å². The van der Waals surface area contributed by atoms with Crippen molar-refractivity contribution in [1.29, 1.82) is 0 Å². The van der Waals surface area contributed by atoms with Gasteiger partial charge in [0, 0.05) is 32.9 Å². The van der Waals surface area contributed by atoms with Crippen LogP contribution < -0.4 is 16.0 Å². The molecule has 0 radical (unpaired) electrons. The van der Waals surface area contributed by atoms with Gasteiger partial charge in [0.15, 0.2) is 5.96 Å². The van der Waals surface area contributed by atoms with Crippen LogP contribution in [0.3, 0.4) is 0 Å². The lowest BCUT2D eigenvalue weighted by atomic mass is 10.1. The Morgan fingerprint density at radius 3 is 2.50 bits per heavy atom. The SMILES string of the molecule is CN=C(NCCNc1nccc(C(F)(F)F)n1)NCc1ccc(C)cc1C.I. The Hall–Kier alpha value is -2.11. The second kappa shape index (κ2) is 11.0. The minimum Gasteiger partial charge on any atom is -0.355 e. The van der Waals surface area contributed by atoms with Crippen molar-refractivity contribution in [3.05, 3.63) is 52.8 Å². The summed E-state index contributed by atoms with van der Waals surface area (Å²) in [5.41, 5.74) is 2.60. The van der Waals surface area contributed by atoms with E-state index in [1.165, 1.54) is 16.7 Å². The summed E-state index contributed by atoms with van der Waals surface area (Å²) in [6.07, 6.45) is -3.41. The Kier molecular flexibility index (Phi) is 9.42. The lowest BCUT2D eigenvalue weighted by molar-refractivity contribution is -0.141. The Morgan fingerprint density at radius 1 is 1.11 bits per heavy atom. The van der Waals surface area contributed by atoms with Crippen molar-refractivity contribution in [1.82, 2.24) is 20.6 Å². The number of anilines is 1. The molecular formula is C18H24F3IN6. The van der Waals surface area contributed by atoms with Crippen LogP contribution in [0.25, 0.3) is 0 Å². The molecule has 154 valence electrons. The summed E-state index contributed by atoms with van der Waals surface area (Å²) in [6.45, 7) is 5.50. The van der Waals surface area contributed by atoms with Crippen molar-refractivity contribution in [2.75, 3.05) is 25.5 Å². The summed E-state index contributed by atoms with van der Waals surface area (Å²) in [4.78, 5) is 11.4. The smallest absolute Gasteiger partial charge is 0.355 e. The molecule has 2 rings (SSSR count). The highest BCUT2D eigenvalue weighted by atomic mass is 127. The fourth-order valence-corrected chi connectivity index (χ4v) is 2.40. The quantitative estimate of drug-likeness (QED) is 0.241. The van der Waals surface area contributed by atoms with Crippen LogP contribution in [0.4, 0.5) is 19.1 Å². The number of aryl methyl sites for hydroxylation is 2. The Balaban J connectivity index is 0.00000392. The standard InChI is InChI=1S/C18H23F3N6.HI/c1-12-4-5-14(13(2)10-12)11-26-16(22-3)24-8-9-25-17-23-7-6-15(27-17)18(19,20)21;/h4-7,10H,8-9,11H2,1-3H3,(H2,22,24,26)(H,23,25,27);1H. The van der Waals surface area contributed by atoms with Crippen molar-refractivity contribution < 1.29 is 13.2 Å². The van der Waals surface area contributed by atoms with Crippen molar-refractivity contribution in [2.24, 2.45) is 4.99 Å². The minimum absolute atomic E-state index is 0. The molecule has 0 amide bonds. The number of nitrogens with one attached hydrogen (secondary N) is 3. The van der Waals surface area contributed by atoms with Crippen LogP contribution in [-0.4, -0.2) is 36.1 Å². The van der Waals surface area contributed by atoms with Gasteiger partial charge >= 0.3 is 6.18 Å². The molecule has 0 aliphatic rings. The Labute approximate surface area is 179 Å². The summed E-state index contributed by atoms with van der Waals surface area (Å²) in [5.74, 6) is 0.534. The summed E-state index contributed by atoms with van der Waals surface area (Å²) in [5, 5.41) is 9.05. The Morgan fingerprint density at radius 2 is 1.86 bits per heavy atom. The first kappa shape index (κ1) is 23.9. The van der Waals surface area contributed by atoms with E-state index in [1.807, 2.05) is 6.92 Å². The first-order valence-electron chi connectivity index (χ1n) is 8.44. The molecule has 0 saturated carbocycles. The van der Waals surface area contributed by atoms with E-state index in [0.717, 1.165) is 12.3 Å². The molecule has 0 aliphatic heterocycles. The summed E-state index contributed by atoms with van der Waals surface area (Å²) in [7, 11) is 1.65. The minimum atomic E-state index is -4.49. The maximum absolute atomic E-state index is 12.6. The van der Waals surface area contributed by atoms with Gasteiger partial charge in [0.05, 0.1) is 0 Å². The number of rotatable bonds is 6. The molecule has 1 heterocycles. The van der Waals surface area contributed by atoms with Crippen LogP contribution in [-0.2, 0) is 12.7 Å². The average molecular weight is 508 g/mol. The van der Waals surface area contributed by atoms with Crippen molar-refractivity contribution in [3.8, 4) is 0 Å². The van der Waals surface area contributed by atoms with Gasteiger partial charge < -0.3 is 16.0 Å². The highest BCUT2D eigenvalue weighted by molar-refractivity contribution is 14.0. The van der Waals surface area contributed by atoms with E-state index in [2.05, 4.69) is 56.0 Å². The predicted molar refractivity (Wildman–Crippen MR) is 115 cm³/mol. The number of hydrogen-bond donors (Lipinski definition) is 3. The number of nitrogens with zero attached hydrogens (tertiary/aromatic N) is 3. The van der Waals surface area contributed by atoms with E-state index in [4.69, 9.17) is 0 Å². The van der Waals surface area contributed by atoms with Gasteiger partial charge in [-0.2, -0.15) is 13.2 Å². The molecule has 28 heavy (non-hydrogen) atoms. The van der Waals surface area contributed by atoms with Crippen molar-refractivity contribution in [2.45, 2.75) is 26.6 Å². The molecule has 0 bridgehead atoms. The zero-order valence-corrected chi connectivity index (χ0v) is 18.2. The Bertz CT molecular complexity index is 795. The number of aliphatic imine (C=N–C) groups is 1. The first-order chi connectivity index (χ1) is 12.8. The van der Waals surface area contributed by atoms with Gasteiger partial charge in [-0.25, -0.2) is 9.97 Å². The fourth-order valence-electron chi connectivity index (χ4n) is 2.40. The van der Waals surface area contributed by atoms with Crippen LogP contribution in [0, 0.1) is 13.8 Å². The number of benzene rings is 1. The van der Waals surface area contributed by atoms with Crippen LogP contribution in [0.5, 0.6) is 0 Å². The highest BCUT2D eigenvalue weighted by Crippen LogP contribution is 2.27. The highest BCUT2D eigenvalue weighted by Gasteiger charge is 2.32. The van der Waals surface area contributed by atoms with E-state index in [1.54, 1.807) is 7.05 Å². The van der Waals surface area contributed by atoms with E-state index >= 15 is 0 Å². The molecule has 2 aromatic rings. The second-order valence-corrected chi connectivity index (χ2v) is 5.97. The molecule has 10 heteroatoms. The molecular weight excluding hydrogens is 484 g/mol. The third kappa shape index (κ3) is 7.49. The molecule has 0 aliphatic carbocycles. The molecule has 0 atom stereocenters. The number of hydrogen-bond acceptors (Lipinski definition) is 4. The van der Waals surface area contributed by atoms with Crippen molar-refractivity contribution in [3.63, 3.8) is 0 Å². The number of alkyl halides is 3. The predicted octanol–water partition coefficient (Wildman–Crippen LogP) is 3.51. The third-order valence-corrected chi connectivity index (χ3v) is 3.81. The summed E-state index contributed by atoms with van der Waals surface area (Å²) >= 11 is 0. The van der Waals surface area contributed by atoms with Gasteiger partial charge in [-0.1, -0.05) is 23.8 Å². The largest absolute Gasteiger partial charge is 0.433 e. The maximum Gasteiger partial charge on any atom is 0.433 e. The first-order valence-corrected chi connectivity index (χ1v) is 8.44. The normalized spacial score (nSPS) is 11.6. The third-order valence-electron chi connectivity index (χ3n) is 3.81. The van der Waals surface area contributed by atoms with Gasteiger partial charge in [0.2, 0.25) is 5.95 Å². The monoisotopic (exact) mass is 508 g/mol. The topological polar surface area (TPSA) is 74.2 Å². The average Bonchev–Trinajstić information content (AvgIpc) is 2.62. The lowest BCUT2D eigenvalue weighted by Gasteiger charge is -2.14. The fraction of sp³-hybridized carbons (Fsp3) is 0.389. The van der Waals surface area contributed by atoms with Crippen LogP contribution in [0.15, 0.2) is 35.5 Å². The van der Waals surface area contributed by atoms with Gasteiger partial charge in [-0.05, 0) is 31.0 Å². The molecule has 3 N–H and O–H groups in total. The maximum atomic E-state index is 12.6. The molecule has 0 spiro atoms. The molecule has 0 unspecified atom stereocenters. The molecule has 0 fully saturated rings. The lowest BCUT2D eigenvalue weighted by Crippen LogP contribution is -2.39. The van der Waals surface area contributed by atoms with E-state index in [-0.39, 0.29) is 29.9 Å². The molecule has 6 nitrogen and oxygen atoms in total. The summed E-state index contributed by atoms with van der Waals surface area (Å²) in [6, 6.07) is 7.07. The molecule has 1 aromatic heterocycles. The van der Waals surface area contributed by atoms with Crippen LogP contribution in [0.2, 0.25) is 0 Å². The molecule has 1 aromatic carbocycles. The van der Waals surface area contributed by atoms with Crippen molar-refractivity contribution >= 4 is 35.9 Å². The zero-order valence-electron chi connectivity index (χ0n) is 15.9.